The zero-order valence-electron chi connectivity index (χ0n) is 15.4. The Hall–Kier alpha value is -2.12. The van der Waals surface area contributed by atoms with Crippen LogP contribution >= 0.6 is 0 Å². The van der Waals surface area contributed by atoms with Gasteiger partial charge in [-0.1, -0.05) is 0 Å². The Balaban J connectivity index is 1.41. The fourth-order valence-electron chi connectivity index (χ4n) is 4.02. The molecule has 0 aromatic heterocycles. The Bertz CT molecular complexity index is 669. The maximum absolute atomic E-state index is 12.9. The molecule has 3 heterocycles. The van der Waals surface area contributed by atoms with E-state index in [2.05, 4.69) is 27.1 Å². The highest BCUT2D eigenvalue weighted by Gasteiger charge is 2.36. The molecule has 0 unspecified atom stereocenters. The van der Waals surface area contributed by atoms with Crippen LogP contribution in [0.15, 0.2) is 24.3 Å². The van der Waals surface area contributed by atoms with Crippen LogP contribution in [0.4, 0.5) is 5.69 Å². The largest absolute Gasteiger partial charge is 0.369 e. The van der Waals surface area contributed by atoms with E-state index < -0.39 is 0 Å². The minimum atomic E-state index is -0.203. The van der Waals surface area contributed by atoms with Crippen LogP contribution in [-0.2, 0) is 4.79 Å². The van der Waals surface area contributed by atoms with E-state index in [0.29, 0.717) is 25.2 Å². The lowest BCUT2D eigenvalue weighted by molar-refractivity contribution is -0.131. The van der Waals surface area contributed by atoms with Crippen molar-refractivity contribution in [2.45, 2.75) is 6.04 Å². The first-order valence-electron chi connectivity index (χ1n) is 9.46. The Morgan fingerprint density at radius 3 is 2.46 bits per heavy atom. The van der Waals surface area contributed by atoms with E-state index in [0.717, 1.165) is 39.3 Å². The second-order valence-electron chi connectivity index (χ2n) is 7.43. The van der Waals surface area contributed by atoms with Gasteiger partial charge in [-0.05, 0) is 31.3 Å². The fourth-order valence-corrected chi connectivity index (χ4v) is 4.02. The highest BCUT2D eigenvalue weighted by Crippen LogP contribution is 2.20. The lowest BCUT2D eigenvalue weighted by Crippen LogP contribution is -2.64. The molecule has 3 aliphatic rings. The van der Waals surface area contributed by atoms with E-state index in [-0.39, 0.29) is 17.9 Å². The first-order chi connectivity index (χ1) is 12.6. The van der Waals surface area contributed by atoms with Crippen molar-refractivity contribution in [1.29, 1.82) is 0 Å². The van der Waals surface area contributed by atoms with Crippen LogP contribution < -0.4 is 10.2 Å². The van der Waals surface area contributed by atoms with Gasteiger partial charge in [0.2, 0.25) is 5.91 Å². The van der Waals surface area contributed by atoms with E-state index in [1.807, 2.05) is 29.2 Å². The lowest BCUT2D eigenvalue weighted by Gasteiger charge is -2.43. The van der Waals surface area contributed by atoms with Crippen LogP contribution in [0, 0.1) is 0 Å². The predicted molar refractivity (Wildman–Crippen MR) is 100 cm³/mol. The van der Waals surface area contributed by atoms with Gasteiger partial charge in [0, 0.05) is 70.2 Å². The topological polar surface area (TPSA) is 59.1 Å². The van der Waals surface area contributed by atoms with Crippen LogP contribution in [-0.4, -0.2) is 98.5 Å². The second kappa shape index (κ2) is 7.25. The van der Waals surface area contributed by atoms with Crippen LogP contribution in [0.5, 0.6) is 0 Å². The number of piperazine rings is 3. The van der Waals surface area contributed by atoms with E-state index in [1.165, 1.54) is 5.69 Å². The molecule has 1 atom stereocenters. The molecular weight excluding hydrogens is 330 g/mol. The standard InChI is InChI=1S/C19H27N5O2/c1-21-8-10-22(11-9-21)16-4-2-15(3-5-16)19(26)24-13-12-23-7-6-20-18(25)17(23)14-24/h2-5,17H,6-14H2,1H3,(H,20,25)/t17-/m1/s1. The molecule has 0 bridgehead atoms. The Kier molecular flexibility index (Phi) is 4.82. The molecule has 3 fully saturated rings. The molecule has 1 N–H and O–H groups in total. The number of hydrogen-bond acceptors (Lipinski definition) is 5. The van der Waals surface area contributed by atoms with Crippen molar-refractivity contribution >= 4 is 17.5 Å². The number of nitrogens with one attached hydrogen (secondary N) is 1. The number of fused-ring (bicyclic) bond motifs is 1. The van der Waals surface area contributed by atoms with Gasteiger partial charge in [0.25, 0.3) is 5.91 Å². The normalized spacial score (nSPS) is 25.0. The van der Waals surface area contributed by atoms with Gasteiger partial charge in [-0.25, -0.2) is 0 Å². The first kappa shape index (κ1) is 17.3. The number of likely N-dealkylation sites (N-methyl/N-ethyl adjacent to an activating group) is 1. The van der Waals surface area contributed by atoms with Crippen LogP contribution in [0.25, 0.3) is 0 Å². The minimum Gasteiger partial charge on any atom is -0.369 e. The highest BCUT2D eigenvalue weighted by atomic mass is 16.2. The Morgan fingerprint density at radius 1 is 1.00 bits per heavy atom. The number of carbonyl (C=O) groups is 2. The molecule has 1 aromatic carbocycles. The predicted octanol–water partition coefficient (Wildman–Crippen LogP) is -0.305. The quantitative estimate of drug-likeness (QED) is 0.787. The molecule has 2 amide bonds. The van der Waals surface area contributed by atoms with E-state index in [4.69, 9.17) is 0 Å². The molecule has 0 aliphatic carbocycles. The monoisotopic (exact) mass is 357 g/mol. The first-order valence-corrected chi connectivity index (χ1v) is 9.46. The van der Waals surface area contributed by atoms with E-state index in [9.17, 15) is 9.59 Å². The molecule has 26 heavy (non-hydrogen) atoms. The van der Waals surface area contributed by atoms with E-state index in [1.54, 1.807) is 0 Å². The molecule has 7 heteroatoms. The van der Waals surface area contributed by atoms with E-state index >= 15 is 0 Å². The number of nitrogens with zero attached hydrogens (tertiary/aromatic N) is 4. The molecular formula is C19H27N5O2. The molecule has 4 rings (SSSR count). The third-order valence-corrected chi connectivity index (χ3v) is 5.76. The molecule has 3 aliphatic heterocycles. The summed E-state index contributed by atoms with van der Waals surface area (Å²) in [6.07, 6.45) is 0. The maximum atomic E-state index is 12.9. The van der Waals surface area contributed by atoms with Crippen molar-refractivity contribution in [3.8, 4) is 0 Å². The summed E-state index contributed by atoms with van der Waals surface area (Å²) in [5.74, 6) is 0.0621. The Labute approximate surface area is 154 Å². The van der Waals surface area contributed by atoms with Crippen LogP contribution in [0.2, 0.25) is 0 Å². The minimum absolute atomic E-state index is 0.0213. The maximum Gasteiger partial charge on any atom is 0.253 e. The van der Waals surface area contributed by atoms with Gasteiger partial charge in [0.15, 0.2) is 0 Å². The molecule has 7 nitrogen and oxygen atoms in total. The zero-order chi connectivity index (χ0) is 18.1. The molecule has 0 spiro atoms. The fraction of sp³-hybridized carbons (Fsp3) is 0.579. The molecule has 140 valence electrons. The summed E-state index contributed by atoms with van der Waals surface area (Å²) in [4.78, 5) is 33.6. The SMILES string of the molecule is CN1CCN(c2ccc(C(=O)N3CCN4CCNC(=O)[C@H]4C3)cc2)CC1. The number of hydrogen-bond donors (Lipinski definition) is 1. The van der Waals surface area contributed by atoms with Gasteiger partial charge in [-0.3, -0.25) is 14.5 Å². The van der Waals surface area contributed by atoms with Gasteiger partial charge >= 0.3 is 0 Å². The Morgan fingerprint density at radius 2 is 1.73 bits per heavy atom. The van der Waals surface area contributed by atoms with Crippen molar-refractivity contribution < 1.29 is 9.59 Å². The summed E-state index contributed by atoms with van der Waals surface area (Å²) in [7, 11) is 2.14. The van der Waals surface area contributed by atoms with Gasteiger partial charge in [0.05, 0.1) is 0 Å². The summed E-state index contributed by atoms with van der Waals surface area (Å²) in [5.41, 5.74) is 1.87. The number of rotatable bonds is 2. The van der Waals surface area contributed by atoms with Crippen molar-refractivity contribution in [1.82, 2.24) is 20.0 Å². The van der Waals surface area contributed by atoms with Crippen molar-refractivity contribution in [3.63, 3.8) is 0 Å². The molecule has 0 saturated carbocycles. The number of benzene rings is 1. The summed E-state index contributed by atoms with van der Waals surface area (Å²) in [6.45, 7) is 7.67. The average molecular weight is 357 g/mol. The zero-order valence-corrected chi connectivity index (χ0v) is 15.4. The average Bonchev–Trinajstić information content (AvgIpc) is 2.68. The van der Waals surface area contributed by atoms with Crippen molar-refractivity contribution in [2.24, 2.45) is 0 Å². The third kappa shape index (κ3) is 3.41. The summed E-state index contributed by atoms with van der Waals surface area (Å²) in [5, 5.41) is 2.90. The summed E-state index contributed by atoms with van der Waals surface area (Å²) in [6, 6.07) is 7.72. The summed E-state index contributed by atoms with van der Waals surface area (Å²) >= 11 is 0. The van der Waals surface area contributed by atoms with Gasteiger partial charge < -0.3 is 20.0 Å². The van der Waals surface area contributed by atoms with Gasteiger partial charge in [-0.2, -0.15) is 0 Å². The smallest absolute Gasteiger partial charge is 0.253 e. The number of anilines is 1. The molecule has 0 radical (unpaired) electrons. The van der Waals surface area contributed by atoms with Crippen molar-refractivity contribution in [2.75, 3.05) is 70.9 Å². The third-order valence-electron chi connectivity index (χ3n) is 5.76. The van der Waals surface area contributed by atoms with Gasteiger partial charge in [0.1, 0.15) is 6.04 Å². The van der Waals surface area contributed by atoms with Crippen LogP contribution in [0.1, 0.15) is 10.4 Å². The van der Waals surface area contributed by atoms with Crippen molar-refractivity contribution in [3.05, 3.63) is 29.8 Å². The molecule has 3 saturated heterocycles. The van der Waals surface area contributed by atoms with Gasteiger partial charge in [-0.15, -0.1) is 0 Å². The number of amides is 2. The van der Waals surface area contributed by atoms with Crippen LogP contribution in [0.3, 0.4) is 0 Å². The number of carbonyl (C=O) groups excluding carboxylic acids is 2. The lowest BCUT2D eigenvalue weighted by atomic mass is 10.1. The highest BCUT2D eigenvalue weighted by molar-refractivity contribution is 5.95. The second-order valence-corrected chi connectivity index (χ2v) is 7.43. The summed E-state index contributed by atoms with van der Waals surface area (Å²) < 4.78 is 0. The molecule has 1 aromatic rings.